The molecule has 2 aromatic rings. The third kappa shape index (κ3) is 7.96. The minimum absolute atomic E-state index is 0.00237. The molecular weight excluding hydrogens is 651 g/mol. The molecule has 1 aliphatic heterocycles. The lowest BCUT2D eigenvalue weighted by atomic mass is 9.91. The average molecular weight is 684 g/mol. The van der Waals surface area contributed by atoms with Crippen molar-refractivity contribution < 1.29 is 45.1 Å². The fourth-order valence-corrected chi connectivity index (χ4v) is 6.55. The maximum atomic E-state index is 15.3. The van der Waals surface area contributed by atoms with Gasteiger partial charge in [-0.1, -0.05) is 27.7 Å². The molecule has 1 heterocycles. The Morgan fingerprint density at radius 3 is 2.27 bits per heavy atom. The van der Waals surface area contributed by atoms with Gasteiger partial charge in [0.05, 0.1) is 17.9 Å². The predicted molar refractivity (Wildman–Crippen MR) is 155 cm³/mol. The third-order valence-electron chi connectivity index (χ3n) is 7.89. The predicted octanol–water partition coefficient (Wildman–Crippen LogP) is 7.06. The van der Waals surface area contributed by atoms with Crippen LogP contribution in [0.5, 0.6) is 5.75 Å². The summed E-state index contributed by atoms with van der Waals surface area (Å²) in [6, 6.07) is 7.65. The summed E-state index contributed by atoms with van der Waals surface area (Å²) >= 11 is 12.4. The molecule has 1 aliphatic carbocycles. The van der Waals surface area contributed by atoms with Crippen molar-refractivity contribution in [3.8, 4) is 5.75 Å². The van der Waals surface area contributed by atoms with Gasteiger partial charge in [-0.2, -0.15) is 13.2 Å². The van der Waals surface area contributed by atoms with Gasteiger partial charge in [0, 0.05) is 40.7 Å². The van der Waals surface area contributed by atoms with Crippen molar-refractivity contribution in [2.24, 2.45) is 5.92 Å². The first-order valence-electron chi connectivity index (χ1n) is 14.1. The Bertz CT molecular complexity index is 1500. The van der Waals surface area contributed by atoms with Crippen LogP contribution in [0.2, 0.25) is 10.0 Å². The van der Waals surface area contributed by atoms with Gasteiger partial charge in [0.1, 0.15) is 11.6 Å². The molecule has 2 fully saturated rings. The largest absolute Gasteiger partial charge is 0.493 e. The number of ether oxygens (including phenoxy) is 1. The molecule has 8 nitrogen and oxygen atoms in total. The van der Waals surface area contributed by atoms with Gasteiger partial charge < -0.3 is 9.57 Å². The molecule has 0 N–H and O–H groups in total. The molecule has 2 aliphatic rings. The molecular formula is C29H32Cl2F4N2O6S. The van der Waals surface area contributed by atoms with Crippen LogP contribution in [0.25, 0.3) is 0 Å². The van der Waals surface area contributed by atoms with Crippen LogP contribution < -0.4 is 4.74 Å². The van der Waals surface area contributed by atoms with E-state index in [0.717, 1.165) is 37.5 Å². The Morgan fingerprint density at radius 2 is 1.70 bits per heavy atom. The molecule has 3 atom stereocenters. The summed E-state index contributed by atoms with van der Waals surface area (Å²) in [5.74, 6) is -6.73. The standard InChI is InChI=1S/C29H32Cl2F4N2O6S/c1-4-44(40,41)37(43-28(39)29(33,34)35)27(38)24-12-23(19-7-8-19)26(13-25(24)32)42-15-18-6-5-16(2)36(14-18)17(3)20-9-21(30)11-22(31)10-20/h9-13,16-19H,4-8,14-15H2,1-3H3/t16-,17-,18-/m1/s1. The highest BCUT2D eigenvalue weighted by Crippen LogP contribution is 2.45. The van der Waals surface area contributed by atoms with E-state index in [1.165, 1.54) is 0 Å². The maximum absolute atomic E-state index is 15.3. The smallest absolute Gasteiger partial charge is 0.493 e. The van der Waals surface area contributed by atoms with E-state index in [0.29, 0.717) is 35.0 Å². The van der Waals surface area contributed by atoms with Gasteiger partial charge in [0.15, 0.2) is 0 Å². The number of piperidine rings is 1. The van der Waals surface area contributed by atoms with Gasteiger partial charge in [-0.25, -0.2) is 17.6 Å². The monoisotopic (exact) mass is 682 g/mol. The van der Waals surface area contributed by atoms with Crippen molar-refractivity contribution in [3.05, 3.63) is 62.9 Å². The number of carbonyl (C=O) groups is 2. The van der Waals surface area contributed by atoms with Crippen LogP contribution in [0.1, 0.15) is 79.9 Å². The zero-order valence-electron chi connectivity index (χ0n) is 24.2. The van der Waals surface area contributed by atoms with E-state index >= 15 is 4.39 Å². The summed E-state index contributed by atoms with van der Waals surface area (Å²) in [5.41, 5.74) is 0.515. The summed E-state index contributed by atoms with van der Waals surface area (Å²) < 4.78 is 83.9. The Kier molecular flexibility index (Phi) is 10.4. The fourth-order valence-electron chi connectivity index (χ4n) is 5.24. The molecule has 2 aromatic carbocycles. The summed E-state index contributed by atoms with van der Waals surface area (Å²) in [4.78, 5) is 30.7. The minimum atomic E-state index is -5.59. The van der Waals surface area contributed by atoms with Crippen LogP contribution in [-0.4, -0.2) is 60.8 Å². The number of halogens is 6. The van der Waals surface area contributed by atoms with Gasteiger partial charge in [-0.15, -0.1) is 0 Å². The van der Waals surface area contributed by atoms with E-state index in [1.807, 2.05) is 12.1 Å². The van der Waals surface area contributed by atoms with Gasteiger partial charge >= 0.3 is 18.1 Å². The van der Waals surface area contributed by atoms with Crippen LogP contribution in [0, 0.1) is 11.7 Å². The van der Waals surface area contributed by atoms with E-state index in [-0.39, 0.29) is 36.3 Å². The number of hydrogen-bond donors (Lipinski definition) is 0. The molecule has 0 spiro atoms. The molecule has 44 heavy (non-hydrogen) atoms. The summed E-state index contributed by atoms with van der Waals surface area (Å²) in [6.45, 7) is 6.10. The van der Waals surface area contributed by atoms with Crippen molar-refractivity contribution >= 4 is 45.1 Å². The van der Waals surface area contributed by atoms with E-state index in [4.69, 9.17) is 27.9 Å². The Labute approximate surface area is 263 Å². The van der Waals surface area contributed by atoms with E-state index in [1.54, 1.807) is 6.07 Å². The molecule has 0 bridgehead atoms. The van der Waals surface area contributed by atoms with Gasteiger partial charge in [-0.05, 0) is 87.8 Å². The van der Waals surface area contributed by atoms with Crippen LogP contribution in [0.3, 0.4) is 0 Å². The highest BCUT2D eigenvalue weighted by atomic mass is 35.5. The zero-order chi connectivity index (χ0) is 32.6. The van der Waals surface area contributed by atoms with Crippen molar-refractivity contribution in [1.82, 2.24) is 9.37 Å². The molecule has 1 saturated heterocycles. The first-order valence-corrected chi connectivity index (χ1v) is 16.4. The van der Waals surface area contributed by atoms with Crippen molar-refractivity contribution in [2.45, 2.75) is 70.6 Å². The number of alkyl halides is 3. The lowest BCUT2D eigenvalue weighted by Gasteiger charge is -2.42. The number of hydroxylamine groups is 1. The second kappa shape index (κ2) is 13.4. The quantitative estimate of drug-likeness (QED) is 0.206. The number of sulfonamides is 1. The van der Waals surface area contributed by atoms with Crippen LogP contribution in [-0.2, 0) is 19.7 Å². The average Bonchev–Trinajstić information content (AvgIpc) is 3.79. The Morgan fingerprint density at radius 1 is 1.07 bits per heavy atom. The number of hydrogen-bond acceptors (Lipinski definition) is 7. The van der Waals surface area contributed by atoms with Gasteiger partial charge in [0.25, 0.3) is 10.0 Å². The summed E-state index contributed by atoms with van der Waals surface area (Å²) in [5, 5.41) is 1.07. The first kappa shape index (κ1) is 34.3. The maximum Gasteiger partial charge on any atom is 0.493 e. The van der Waals surface area contributed by atoms with E-state index in [2.05, 4.69) is 23.6 Å². The fraction of sp³-hybridized carbons (Fsp3) is 0.517. The first-order chi connectivity index (χ1) is 20.5. The number of benzene rings is 2. The van der Waals surface area contributed by atoms with Gasteiger partial charge in [0.2, 0.25) is 0 Å². The SMILES string of the molecule is CCS(=O)(=O)N(OC(=O)C(F)(F)F)C(=O)c1cc(C2CC2)c(OC[C@@H]2CC[C@@H](C)N([C@H](C)c3cc(Cl)cc(Cl)c3)C2)cc1F. The Balaban J connectivity index is 1.54. The normalized spacial score (nSPS) is 20.2. The Hall–Kier alpha value is -2.61. The van der Waals surface area contributed by atoms with E-state index in [9.17, 15) is 31.2 Å². The number of amides is 1. The minimum Gasteiger partial charge on any atom is -0.493 e. The molecule has 0 radical (unpaired) electrons. The second-order valence-electron chi connectivity index (χ2n) is 11.1. The third-order valence-corrected chi connectivity index (χ3v) is 9.81. The van der Waals surface area contributed by atoms with Crippen molar-refractivity contribution in [2.75, 3.05) is 18.9 Å². The topological polar surface area (TPSA) is 93.2 Å². The summed E-state index contributed by atoms with van der Waals surface area (Å²) in [6.07, 6.45) is -2.51. The van der Waals surface area contributed by atoms with Crippen LogP contribution >= 0.6 is 23.2 Å². The summed E-state index contributed by atoms with van der Waals surface area (Å²) in [7, 11) is -4.85. The van der Waals surface area contributed by atoms with Crippen LogP contribution in [0.4, 0.5) is 17.6 Å². The van der Waals surface area contributed by atoms with Crippen LogP contribution in [0.15, 0.2) is 30.3 Å². The van der Waals surface area contributed by atoms with Gasteiger partial charge in [-0.3, -0.25) is 9.69 Å². The highest BCUT2D eigenvalue weighted by Gasteiger charge is 2.46. The zero-order valence-corrected chi connectivity index (χ0v) is 26.5. The number of rotatable bonds is 9. The second-order valence-corrected chi connectivity index (χ2v) is 14.1. The van der Waals surface area contributed by atoms with Crippen molar-refractivity contribution in [1.29, 1.82) is 0 Å². The van der Waals surface area contributed by atoms with Crippen molar-refractivity contribution in [3.63, 3.8) is 0 Å². The number of likely N-dealkylation sites (tertiary alicyclic amines) is 1. The van der Waals surface area contributed by atoms with E-state index < -0.39 is 49.7 Å². The number of nitrogens with zero attached hydrogens (tertiary/aromatic N) is 2. The molecule has 242 valence electrons. The number of carbonyl (C=O) groups excluding carboxylic acids is 2. The molecule has 0 aromatic heterocycles. The lowest BCUT2D eigenvalue weighted by molar-refractivity contribution is -0.216. The molecule has 1 amide bonds. The molecule has 15 heteroatoms. The highest BCUT2D eigenvalue weighted by molar-refractivity contribution is 7.89. The lowest BCUT2D eigenvalue weighted by Crippen LogP contribution is -2.44. The molecule has 4 rings (SSSR count). The molecule has 0 unspecified atom stereocenters. The molecule has 1 saturated carbocycles.